The van der Waals surface area contributed by atoms with E-state index in [1.54, 1.807) is 0 Å². The second-order valence-electron chi connectivity index (χ2n) is 7.14. The summed E-state index contributed by atoms with van der Waals surface area (Å²) in [6.07, 6.45) is 4.05. The number of ether oxygens (including phenoxy) is 2. The predicted molar refractivity (Wildman–Crippen MR) is 70.0 cm³/mol. The fraction of sp³-hybridized carbons (Fsp3) is 0.867. The Hall–Kier alpha value is -1.10. The minimum absolute atomic E-state index is 0.197. The van der Waals surface area contributed by atoms with Gasteiger partial charge in [0.25, 0.3) is 0 Å². The smallest absolute Gasteiger partial charge is 0.329 e. The van der Waals surface area contributed by atoms with Crippen molar-refractivity contribution in [2.75, 3.05) is 13.2 Å². The average molecular weight is 282 g/mol. The first-order valence-corrected chi connectivity index (χ1v) is 7.33. The van der Waals surface area contributed by atoms with Crippen molar-refractivity contribution < 1.29 is 24.2 Å². The Morgan fingerprint density at radius 2 is 1.80 bits per heavy atom. The molecular formula is C15H22O5. The molecule has 1 N–H and O–H groups in total. The predicted octanol–water partition coefficient (Wildman–Crippen LogP) is 1.85. The zero-order valence-electron chi connectivity index (χ0n) is 12.1. The number of esters is 1. The van der Waals surface area contributed by atoms with Gasteiger partial charge in [-0.3, -0.25) is 4.79 Å². The van der Waals surface area contributed by atoms with Gasteiger partial charge in [-0.25, -0.2) is 4.79 Å². The van der Waals surface area contributed by atoms with Crippen LogP contribution in [0.2, 0.25) is 0 Å². The lowest BCUT2D eigenvalue weighted by molar-refractivity contribution is -0.268. The molecule has 0 saturated heterocycles. The number of carboxylic acids is 1. The van der Waals surface area contributed by atoms with Gasteiger partial charge in [-0.1, -0.05) is 0 Å². The Bertz CT molecular complexity index is 428. The summed E-state index contributed by atoms with van der Waals surface area (Å²) in [6, 6.07) is 0. The monoisotopic (exact) mass is 282 g/mol. The van der Waals surface area contributed by atoms with Crippen LogP contribution in [0.3, 0.4) is 0 Å². The van der Waals surface area contributed by atoms with Crippen LogP contribution in [0.4, 0.5) is 0 Å². The zero-order valence-corrected chi connectivity index (χ0v) is 12.1. The van der Waals surface area contributed by atoms with Gasteiger partial charge in [0.05, 0.1) is 12.2 Å². The van der Waals surface area contributed by atoms with Crippen LogP contribution in [0.25, 0.3) is 0 Å². The molecule has 3 saturated carbocycles. The molecule has 0 bridgehead atoms. The van der Waals surface area contributed by atoms with E-state index in [0.29, 0.717) is 24.4 Å². The molecule has 3 aliphatic rings. The van der Waals surface area contributed by atoms with Crippen LogP contribution in [-0.4, -0.2) is 35.9 Å². The summed E-state index contributed by atoms with van der Waals surface area (Å²) in [6.45, 7) is 3.85. The van der Waals surface area contributed by atoms with E-state index in [4.69, 9.17) is 14.6 Å². The standard InChI is InChI=1S/C15H22O5/c1-9(16)19-8-15-5-10-3-14(2,20-7-12(17)18)4-11(6-15)13(10)15/h10-11,13H,3-8H2,1-2H3,(H,17,18). The minimum atomic E-state index is -0.903. The molecule has 2 unspecified atom stereocenters. The highest BCUT2D eigenvalue weighted by Crippen LogP contribution is 2.72. The van der Waals surface area contributed by atoms with Crippen molar-refractivity contribution in [2.24, 2.45) is 23.2 Å². The maximum absolute atomic E-state index is 11.0. The Kier molecular flexibility index (Phi) is 3.08. The molecule has 0 aliphatic heterocycles. The van der Waals surface area contributed by atoms with Crippen LogP contribution in [-0.2, 0) is 19.1 Å². The van der Waals surface area contributed by atoms with Crippen LogP contribution < -0.4 is 0 Å². The highest BCUT2D eigenvalue weighted by atomic mass is 16.5. The zero-order chi connectivity index (χ0) is 14.5. The van der Waals surface area contributed by atoms with Gasteiger partial charge in [0.15, 0.2) is 0 Å². The molecule has 3 fully saturated rings. The molecule has 2 atom stereocenters. The minimum Gasteiger partial charge on any atom is -0.480 e. The molecule has 0 heterocycles. The van der Waals surface area contributed by atoms with Crippen LogP contribution in [0.15, 0.2) is 0 Å². The number of carbonyl (C=O) groups is 2. The fourth-order valence-electron chi connectivity index (χ4n) is 5.12. The third kappa shape index (κ3) is 2.12. The van der Waals surface area contributed by atoms with Crippen LogP contribution in [0.5, 0.6) is 0 Å². The van der Waals surface area contributed by atoms with Crippen LogP contribution in [0.1, 0.15) is 39.5 Å². The van der Waals surface area contributed by atoms with Crippen LogP contribution >= 0.6 is 0 Å². The number of rotatable bonds is 5. The Morgan fingerprint density at radius 3 is 2.30 bits per heavy atom. The summed E-state index contributed by atoms with van der Waals surface area (Å²) < 4.78 is 10.8. The van der Waals surface area contributed by atoms with E-state index in [2.05, 4.69) is 0 Å². The molecule has 3 rings (SSSR count). The molecule has 5 nitrogen and oxygen atoms in total. The molecule has 0 aromatic carbocycles. The van der Waals surface area contributed by atoms with Crippen molar-refractivity contribution in [1.29, 1.82) is 0 Å². The lowest BCUT2D eigenvalue weighted by Crippen LogP contribution is -2.68. The van der Waals surface area contributed by atoms with Crippen LogP contribution in [0, 0.1) is 23.2 Å². The van der Waals surface area contributed by atoms with Crippen molar-refractivity contribution in [3.8, 4) is 0 Å². The number of carbonyl (C=O) groups excluding carboxylic acids is 1. The number of hydrogen-bond donors (Lipinski definition) is 1. The van der Waals surface area contributed by atoms with E-state index < -0.39 is 5.97 Å². The van der Waals surface area contributed by atoms with Gasteiger partial charge in [-0.05, 0) is 50.4 Å². The maximum Gasteiger partial charge on any atom is 0.329 e. The SMILES string of the molecule is CC(=O)OCC12CC3CC(C)(OCC(=O)O)CC(C1)C32. The van der Waals surface area contributed by atoms with Gasteiger partial charge >= 0.3 is 11.9 Å². The van der Waals surface area contributed by atoms with Gasteiger partial charge in [0.1, 0.15) is 6.61 Å². The lowest BCUT2D eigenvalue weighted by Gasteiger charge is -2.71. The van der Waals surface area contributed by atoms with Gasteiger partial charge < -0.3 is 14.6 Å². The number of hydrogen-bond acceptors (Lipinski definition) is 4. The second-order valence-corrected chi connectivity index (χ2v) is 7.14. The van der Waals surface area contributed by atoms with E-state index in [0.717, 1.165) is 25.7 Å². The van der Waals surface area contributed by atoms with Crippen molar-refractivity contribution in [2.45, 2.75) is 45.1 Å². The second kappa shape index (κ2) is 4.45. The van der Waals surface area contributed by atoms with Crippen molar-refractivity contribution >= 4 is 11.9 Å². The molecule has 0 amide bonds. The molecule has 0 spiro atoms. The Labute approximate surface area is 118 Å². The Morgan fingerprint density at radius 1 is 1.20 bits per heavy atom. The third-order valence-electron chi connectivity index (χ3n) is 5.56. The maximum atomic E-state index is 11.0. The third-order valence-corrected chi connectivity index (χ3v) is 5.56. The number of carboxylic acid groups (broad SMARTS) is 1. The summed E-state index contributed by atoms with van der Waals surface area (Å²) >= 11 is 0. The van der Waals surface area contributed by atoms with Gasteiger partial charge in [-0.2, -0.15) is 0 Å². The van der Waals surface area contributed by atoms with E-state index in [9.17, 15) is 9.59 Å². The topological polar surface area (TPSA) is 72.8 Å². The summed E-state index contributed by atoms with van der Waals surface area (Å²) in [5, 5.41) is 8.76. The summed E-state index contributed by atoms with van der Waals surface area (Å²) in [7, 11) is 0. The Balaban J connectivity index is 1.57. The molecule has 0 aromatic heterocycles. The van der Waals surface area contributed by atoms with Gasteiger partial charge in [-0.15, -0.1) is 0 Å². The first-order valence-electron chi connectivity index (χ1n) is 7.33. The quantitative estimate of drug-likeness (QED) is 0.779. The van der Waals surface area contributed by atoms with E-state index in [1.807, 2.05) is 6.92 Å². The largest absolute Gasteiger partial charge is 0.480 e. The molecule has 3 aliphatic carbocycles. The van der Waals surface area contributed by atoms with Crippen molar-refractivity contribution in [1.82, 2.24) is 0 Å². The lowest BCUT2D eigenvalue weighted by atomic mass is 9.34. The summed E-state index contributed by atoms with van der Waals surface area (Å²) in [5.41, 5.74) is -0.0621. The molecule has 5 heteroatoms. The van der Waals surface area contributed by atoms with Gasteiger partial charge in [0, 0.05) is 12.3 Å². The van der Waals surface area contributed by atoms with Crippen molar-refractivity contribution in [3.05, 3.63) is 0 Å². The van der Waals surface area contributed by atoms with E-state index in [-0.39, 0.29) is 23.6 Å². The summed E-state index contributed by atoms with van der Waals surface area (Å²) in [4.78, 5) is 21.6. The summed E-state index contributed by atoms with van der Waals surface area (Å²) in [5.74, 6) is 0.772. The number of aliphatic carboxylic acids is 1. The van der Waals surface area contributed by atoms with E-state index in [1.165, 1.54) is 6.92 Å². The van der Waals surface area contributed by atoms with E-state index >= 15 is 0 Å². The van der Waals surface area contributed by atoms with Gasteiger partial charge in [0.2, 0.25) is 0 Å². The first kappa shape index (κ1) is 13.9. The average Bonchev–Trinajstić information content (AvgIpc) is 2.29. The highest BCUT2D eigenvalue weighted by Gasteiger charge is 2.68. The molecule has 0 aromatic rings. The normalized spacial score (nSPS) is 44.8. The first-order chi connectivity index (χ1) is 9.34. The van der Waals surface area contributed by atoms with Crippen molar-refractivity contribution in [3.63, 3.8) is 0 Å². The highest BCUT2D eigenvalue weighted by molar-refractivity contribution is 5.68. The molecule has 112 valence electrons. The molecule has 20 heavy (non-hydrogen) atoms. The molecule has 0 radical (unpaired) electrons. The molecular weight excluding hydrogens is 260 g/mol. The fourth-order valence-corrected chi connectivity index (χ4v) is 5.12.